The van der Waals surface area contributed by atoms with Crippen LogP contribution in [0.15, 0.2) is 0 Å². The Bertz CT molecular complexity index is 198. The van der Waals surface area contributed by atoms with E-state index in [4.69, 9.17) is 9.47 Å². The minimum Gasteiger partial charge on any atom is -0.379 e. The molecule has 2 atom stereocenters. The summed E-state index contributed by atoms with van der Waals surface area (Å²) < 4.78 is 11.3. The average Bonchev–Trinajstić information content (AvgIpc) is 3.01. The van der Waals surface area contributed by atoms with E-state index >= 15 is 0 Å². The van der Waals surface area contributed by atoms with Crippen LogP contribution in [0.5, 0.6) is 0 Å². The first kappa shape index (κ1) is 13.3. The van der Waals surface area contributed by atoms with Crippen LogP contribution in [0.3, 0.4) is 0 Å². The summed E-state index contributed by atoms with van der Waals surface area (Å²) in [7, 11) is 0. The highest BCUT2D eigenvalue weighted by atomic mass is 16.5. The van der Waals surface area contributed by atoms with Crippen molar-refractivity contribution in [2.24, 2.45) is 5.92 Å². The minimum atomic E-state index is 0.349. The number of hydrogen-bond acceptors (Lipinski definition) is 3. The van der Waals surface area contributed by atoms with Crippen LogP contribution < -0.4 is 5.32 Å². The molecule has 0 bridgehead atoms. The SMILES string of the molecule is CCCNC(COC1CCOC1)C1CCCC1. The van der Waals surface area contributed by atoms with Crippen LogP contribution in [-0.2, 0) is 9.47 Å². The van der Waals surface area contributed by atoms with Gasteiger partial charge in [0.25, 0.3) is 0 Å². The molecule has 2 rings (SSSR count). The van der Waals surface area contributed by atoms with Gasteiger partial charge < -0.3 is 14.8 Å². The first-order valence-corrected chi connectivity index (χ1v) is 7.33. The number of rotatable bonds is 7. The number of hydrogen-bond donors (Lipinski definition) is 1. The zero-order valence-corrected chi connectivity index (χ0v) is 11.1. The second-order valence-electron chi connectivity index (χ2n) is 5.42. The first-order chi connectivity index (χ1) is 8.40. The lowest BCUT2D eigenvalue weighted by Crippen LogP contribution is -2.40. The van der Waals surface area contributed by atoms with Crippen LogP contribution >= 0.6 is 0 Å². The molecular weight excluding hydrogens is 214 g/mol. The van der Waals surface area contributed by atoms with Gasteiger partial charge in [0.05, 0.1) is 19.3 Å². The molecule has 100 valence electrons. The van der Waals surface area contributed by atoms with Gasteiger partial charge in [0.2, 0.25) is 0 Å². The smallest absolute Gasteiger partial charge is 0.0831 e. The molecule has 0 aromatic carbocycles. The van der Waals surface area contributed by atoms with E-state index in [0.29, 0.717) is 12.1 Å². The maximum atomic E-state index is 5.99. The molecule has 0 aromatic rings. The molecule has 0 aromatic heterocycles. The van der Waals surface area contributed by atoms with E-state index in [1.54, 1.807) is 0 Å². The summed E-state index contributed by atoms with van der Waals surface area (Å²) in [5.41, 5.74) is 0. The molecular formula is C14H27NO2. The molecule has 1 N–H and O–H groups in total. The van der Waals surface area contributed by atoms with Crippen LogP contribution in [-0.4, -0.2) is 38.5 Å². The van der Waals surface area contributed by atoms with E-state index in [0.717, 1.165) is 38.7 Å². The second-order valence-corrected chi connectivity index (χ2v) is 5.42. The fourth-order valence-electron chi connectivity index (χ4n) is 2.94. The minimum absolute atomic E-state index is 0.349. The van der Waals surface area contributed by atoms with Crippen molar-refractivity contribution in [2.75, 3.05) is 26.4 Å². The Balaban J connectivity index is 1.72. The molecule has 1 saturated carbocycles. The summed E-state index contributed by atoms with van der Waals surface area (Å²) in [5, 5.41) is 3.67. The molecule has 2 unspecified atom stereocenters. The molecule has 0 radical (unpaired) electrons. The standard InChI is InChI=1S/C14H27NO2/c1-2-8-15-14(12-5-3-4-6-12)11-17-13-7-9-16-10-13/h12-15H,2-11H2,1H3. The van der Waals surface area contributed by atoms with Gasteiger partial charge in [-0.1, -0.05) is 19.8 Å². The lowest BCUT2D eigenvalue weighted by atomic mass is 9.98. The van der Waals surface area contributed by atoms with E-state index in [2.05, 4.69) is 12.2 Å². The summed E-state index contributed by atoms with van der Waals surface area (Å²) in [4.78, 5) is 0. The van der Waals surface area contributed by atoms with Gasteiger partial charge in [0, 0.05) is 12.6 Å². The highest BCUT2D eigenvalue weighted by Gasteiger charge is 2.26. The summed E-state index contributed by atoms with van der Waals surface area (Å²) in [6, 6.07) is 0.568. The van der Waals surface area contributed by atoms with Crippen LogP contribution in [0, 0.1) is 5.92 Å². The van der Waals surface area contributed by atoms with Crippen molar-refractivity contribution in [2.45, 2.75) is 57.6 Å². The summed E-state index contributed by atoms with van der Waals surface area (Å²) in [6.45, 7) is 5.89. The highest BCUT2D eigenvalue weighted by Crippen LogP contribution is 2.28. The highest BCUT2D eigenvalue weighted by molar-refractivity contribution is 4.81. The van der Waals surface area contributed by atoms with E-state index < -0.39 is 0 Å². The third kappa shape index (κ3) is 4.23. The molecule has 1 aliphatic carbocycles. The fraction of sp³-hybridized carbons (Fsp3) is 1.00. The molecule has 2 fully saturated rings. The Hall–Kier alpha value is -0.120. The van der Waals surface area contributed by atoms with E-state index in [1.807, 2.05) is 0 Å². The van der Waals surface area contributed by atoms with Crippen molar-refractivity contribution in [3.63, 3.8) is 0 Å². The summed E-state index contributed by atoms with van der Waals surface area (Å²) in [6.07, 6.45) is 8.20. The van der Waals surface area contributed by atoms with Crippen LogP contribution in [0.1, 0.15) is 45.4 Å². The number of nitrogens with one attached hydrogen (secondary N) is 1. The number of ether oxygens (including phenoxy) is 2. The zero-order chi connectivity index (χ0) is 11.9. The van der Waals surface area contributed by atoms with Crippen LogP contribution in [0.4, 0.5) is 0 Å². The Kier molecular flexibility index (Phi) is 5.75. The Labute approximate surface area is 105 Å². The van der Waals surface area contributed by atoms with Crippen molar-refractivity contribution in [3.05, 3.63) is 0 Å². The van der Waals surface area contributed by atoms with Gasteiger partial charge in [-0.15, -0.1) is 0 Å². The predicted octanol–water partition coefficient (Wildman–Crippen LogP) is 2.35. The van der Waals surface area contributed by atoms with Gasteiger partial charge >= 0.3 is 0 Å². The largest absolute Gasteiger partial charge is 0.379 e. The molecule has 17 heavy (non-hydrogen) atoms. The molecule has 1 saturated heterocycles. The molecule has 1 aliphatic heterocycles. The van der Waals surface area contributed by atoms with Gasteiger partial charge in [-0.05, 0) is 38.1 Å². The maximum Gasteiger partial charge on any atom is 0.0831 e. The van der Waals surface area contributed by atoms with E-state index in [1.165, 1.54) is 32.1 Å². The molecule has 3 nitrogen and oxygen atoms in total. The van der Waals surface area contributed by atoms with Gasteiger partial charge in [-0.3, -0.25) is 0 Å². The van der Waals surface area contributed by atoms with Gasteiger partial charge in [0.1, 0.15) is 0 Å². The zero-order valence-electron chi connectivity index (χ0n) is 11.1. The van der Waals surface area contributed by atoms with Crippen molar-refractivity contribution in [1.82, 2.24) is 5.32 Å². The van der Waals surface area contributed by atoms with Crippen molar-refractivity contribution in [1.29, 1.82) is 0 Å². The Morgan fingerprint density at radius 3 is 2.76 bits per heavy atom. The Morgan fingerprint density at radius 2 is 2.12 bits per heavy atom. The van der Waals surface area contributed by atoms with E-state index in [-0.39, 0.29) is 0 Å². The second kappa shape index (κ2) is 7.34. The van der Waals surface area contributed by atoms with Gasteiger partial charge in [-0.25, -0.2) is 0 Å². The maximum absolute atomic E-state index is 5.99. The predicted molar refractivity (Wildman–Crippen MR) is 69.2 cm³/mol. The van der Waals surface area contributed by atoms with Crippen molar-refractivity contribution in [3.8, 4) is 0 Å². The molecule has 0 spiro atoms. The molecule has 3 heteroatoms. The van der Waals surface area contributed by atoms with Crippen molar-refractivity contribution < 1.29 is 9.47 Å². The monoisotopic (exact) mass is 241 g/mol. The quantitative estimate of drug-likeness (QED) is 0.742. The first-order valence-electron chi connectivity index (χ1n) is 7.33. The van der Waals surface area contributed by atoms with Gasteiger partial charge in [0.15, 0.2) is 0 Å². The fourth-order valence-corrected chi connectivity index (χ4v) is 2.94. The molecule has 1 heterocycles. The Morgan fingerprint density at radius 1 is 1.29 bits per heavy atom. The van der Waals surface area contributed by atoms with Crippen LogP contribution in [0.25, 0.3) is 0 Å². The summed E-state index contributed by atoms with van der Waals surface area (Å²) in [5.74, 6) is 0.837. The summed E-state index contributed by atoms with van der Waals surface area (Å²) >= 11 is 0. The average molecular weight is 241 g/mol. The lowest BCUT2D eigenvalue weighted by molar-refractivity contribution is 0.0210. The van der Waals surface area contributed by atoms with Gasteiger partial charge in [-0.2, -0.15) is 0 Å². The third-order valence-electron chi connectivity index (χ3n) is 4.02. The van der Waals surface area contributed by atoms with E-state index in [9.17, 15) is 0 Å². The van der Waals surface area contributed by atoms with Crippen molar-refractivity contribution >= 4 is 0 Å². The molecule has 0 amide bonds. The molecule has 2 aliphatic rings. The van der Waals surface area contributed by atoms with Crippen LogP contribution in [0.2, 0.25) is 0 Å². The third-order valence-corrected chi connectivity index (χ3v) is 4.02. The normalized spacial score (nSPS) is 27.7. The topological polar surface area (TPSA) is 30.5 Å². The lowest BCUT2D eigenvalue weighted by Gasteiger charge is -2.26.